The number of nitrogens with zero attached hydrogens (tertiary/aromatic N) is 4. The molecule has 3 N–H and O–H groups in total. The van der Waals surface area contributed by atoms with Crippen LogP contribution in [0.15, 0.2) is 24.4 Å². The standard InChI is InChI=1S/C23H31N7O/c1-14-25-16-10-7-11-17(19(16)26-14)27-22-24-12-18-20(28-22)30(15-8-5-6-9-15)13-23(2,3)21(31)29(18)4/h7,10-12,14-15,25-26H,5-6,8-9,13H2,1-4H3,(H,24,27,28). The smallest absolute Gasteiger partial charge is 0.234 e. The van der Waals surface area contributed by atoms with Crippen molar-refractivity contribution in [3.8, 4) is 0 Å². The van der Waals surface area contributed by atoms with Gasteiger partial charge < -0.3 is 25.8 Å². The third-order valence-electron chi connectivity index (χ3n) is 6.64. The molecule has 1 fully saturated rings. The van der Waals surface area contributed by atoms with Crippen LogP contribution in [0.2, 0.25) is 0 Å². The molecule has 8 heteroatoms. The first kappa shape index (κ1) is 19.9. The van der Waals surface area contributed by atoms with E-state index in [0.717, 1.165) is 41.4 Å². The van der Waals surface area contributed by atoms with Crippen molar-refractivity contribution in [2.75, 3.05) is 39.3 Å². The largest absolute Gasteiger partial charge is 0.364 e. The minimum absolute atomic E-state index is 0.101. The first-order chi connectivity index (χ1) is 14.8. The zero-order valence-corrected chi connectivity index (χ0v) is 18.7. The van der Waals surface area contributed by atoms with E-state index in [9.17, 15) is 4.79 Å². The van der Waals surface area contributed by atoms with Gasteiger partial charge in [0, 0.05) is 19.6 Å². The van der Waals surface area contributed by atoms with Crippen LogP contribution in [0.25, 0.3) is 0 Å². The minimum atomic E-state index is -0.488. The van der Waals surface area contributed by atoms with Crippen molar-refractivity contribution < 1.29 is 4.79 Å². The van der Waals surface area contributed by atoms with Crippen LogP contribution in [0.5, 0.6) is 0 Å². The molecule has 0 spiro atoms. The maximum Gasteiger partial charge on any atom is 0.234 e. The zero-order chi connectivity index (χ0) is 21.8. The molecule has 164 valence electrons. The van der Waals surface area contributed by atoms with E-state index in [4.69, 9.17) is 4.98 Å². The number of rotatable bonds is 3. The molecule has 1 amide bonds. The van der Waals surface area contributed by atoms with Crippen LogP contribution in [-0.2, 0) is 4.79 Å². The number of hydrogen-bond donors (Lipinski definition) is 3. The summed E-state index contributed by atoms with van der Waals surface area (Å²) in [5.41, 5.74) is 3.30. The average molecular weight is 422 g/mol. The topological polar surface area (TPSA) is 85.4 Å². The zero-order valence-electron chi connectivity index (χ0n) is 18.7. The Morgan fingerprint density at radius 1 is 1.19 bits per heavy atom. The Balaban J connectivity index is 1.54. The van der Waals surface area contributed by atoms with Crippen molar-refractivity contribution in [1.82, 2.24) is 9.97 Å². The highest BCUT2D eigenvalue weighted by Crippen LogP contribution is 2.41. The number of para-hydroxylation sites is 1. The molecule has 1 aromatic heterocycles. The van der Waals surface area contributed by atoms with Crippen molar-refractivity contribution in [3.05, 3.63) is 24.4 Å². The summed E-state index contributed by atoms with van der Waals surface area (Å²) >= 11 is 0. The fourth-order valence-electron chi connectivity index (χ4n) is 5.06. The average Bonchev–Trinajstić information content (AvgIpc) is 3.39. The van der Waals surface area contributed by atoms with Crippen LogP contribution in [0.1, 0.15) is 46.5 Å². The highest BCUT2D eigenvalue weighted by Gasteiger charge is 2.41. The minimum Gasteiger partial charge on any atom is -0.364 e. The number of benzene rings is 1. The fraction of sp³-hybridized carbons (Fsp3) is 0.522. The Morgan fingerprint density at radius 3 is 2.74 bits per heavy atom. The lowest BCUT2D eigenvalue weighted by Crippen LogP contribution is -2.45. The van der Waals surface area contributed by atoms with Gasteiger partial charge in [0.25, 0.3) is 0 Å². The first-order valence-electron chi connectivity index (χ1n) is 11.2. The molecule has 0 bridgehead atoms. The molecular weight excluding hydrogens is 390 g/mol. The second-order valence-electron chi connectivity index (χ2n) is 9.58. The van der Waals surface area contributed by atoms with E-state index in [2.05, 4.69) is 38.8 Å². The molecule has 2 aromatic rings. The highest BCUT2D eigenvalue weighted by atomic mass is 16.2. The van der Waals surface area contributed by atoms with E-state index in [-0.39, 0.29) is 12.1 Å². The van der Waals surface area contributed by atoms with Crippen LogP contribution in [-0.4, -0.2) is 41.7 Å². The van der Waals surface area contributed by atoms with E-state index in [1.807, 2.05) is 33.0 Å². The fourth-order valence-corrected chi connectivity index (χ4v) is 5.06. The summed E-state index contributed by atoms with van der Waals surface area (Å²) in [6.45, 7) is 6.80. The molecule has 3 aliphatic rings. The summed E-state index contributed by atoms with van der Waals surface area (Å²) in [5, 5.41) is 10.2. The van der Waals surface area contributed by atoms with Gasteiger partial charge in [0.05, 0.1) is 34.8 Å². The molecule has 31 heavy (non-hydrogen) atoms. The van der Waals surface area contributed by atoms with Crippen molar-refractivity contribution >= 4 is 40.4 Å². The predicted octanol–water partition coefficient (Wildman–Crippen LogP) is 4.16. The van der Waals surface area contributed by atoms with E-state index < -0.39 is 5.41 Å². The molecule has 1 saturated carbocycles. The molecule has 1 aromatic carbocycles. The van der Waals surface area contributed by atoms with Crippen LogP contribution >= 0.6 is 0 Å². The molecule has 0 saturated heterocycles. The molecule has 3 heterocycles. The summed E-state index contributed by atoms with van der Waals surface area (Å²) < 4.78 is 0. The van der Waals surface area contributed by atoms with Crippen molar-refractivity contribution in [2.45, 2.75) is 58.7 Å². The summed E-state index contributed by atoms with van der Waals surface area (Å²) in [5.74, 6) is 1.48. The summed E-state index contributed by atoms with van der Waals surface area (Å²) in [6, 6.07) is 6.50. The maximum absolute atomic E-state index is 13.1. The number of anilines is 6. The number of nitrogens with one attached hydrogen (secondary N) is 3. The van der Waals surface area contributed by atoms with Crippen LogP contribution in [0, 0.1) is 5.41 Å². The molecule has 8 nitrogen and oxygen atoms in total. The van der Waals surface area contributed by atoms with Crippen LogP contribution in [0.4, 0.5) is 34.5 Å². The van der Waals surface area contributed by atoms with Gasteiger partial charge in [0.1, 0.15) is 5.69 Å². The monoisotopic (exact) mass is 421 g/mol. The molecule has 0 radical (unpaired) electrons. The molecule has 2 aliphatic heterocycles. The number of fused-ring (bicyclic) bond motifs is 2. The van der Waals surface area contributed by atoms with Gasteiger partial charge >= 0.3 is 0 Å². The number of amides is 1. The van der Waals surface area contributed by atoms with Gasteiger partial charge in [0.15, 0.2) is 5.82 Å². The van der Waals surface area contributed by atoms with E-state index in [1.54, 1.807) is 11.1 Å². The second-order valence-corrected chi connectivity index (χ2v) is 9.58. The third kappa shape index (κ3) is 3.43. The lowest BCUT2D eigenvalue weighted by atomic mass is 9.91. The van der Waals surface area contributed by atoms with E-state index in [1.165, 1.54) is 12.8 Å². The third-order valence-corrected chi connectivity index (χ3v) is 6.64. The lowest BCUT2D eigenvalue weighted by Gasteiger charge is -2.34. The summed E-state index contributed by atoms with van der Waals surface area (Å²) in [4.78, 5) is 26.7. The number of aromatic nitrogens is 2. The van der Waals surface area contributed by atoms with Gasteiger partial charge in [-0.05, 0) is 45.7 Å². The van der Waals surface area contributed by atoms with Gasteiger partial charge in [-0.15, -0.1) is 0 Å². The van der Waals surface area contributed by atoms with E-state index in [0.29, 0.717) is 18.5 Å². The molecule has 1 atom stereocenters. The van der Waals surface area contributed by atoms with Crippen molar-refractivity contribution in [3.63, 3.8) is 0 Å². The number of carbonyl (C=O) groups is 1. The van der Waals surface area contributed by atoms with Gasteiger partial charge in [-0.3, -0.25) is 4.79 Å². The highest BCUT2D eigenvalue weighted by molar-refractivity contribution is 6.01. The Bertz CT molecular complexity index is 1010. The molecule has 1 unspecified atom stereocenters. The quantitative estimate of drug-likeness (QED) is 0.686. The maximum atomic E-state index is 13.1. The van der Waals surface area contributed by atoms with Crippen LogP contribution < -0.4 is 25.8 Å². The Labute approximate surface area is 183 Å². The summed E-state index contributed by atoms with van der Waals surface area (Å²) in [7, 11) is 1.83. The Morgan fingerprint density at radius 2 is 1.97 bits per heavy atom. The van der Waals surface area contributed by atoms with E-state index >= 15 is 0 Å². The molecule has 1 aliphatic carbocycles. The number of carbonyl (C=O) groups excluding carboxylic acids is 1. The van der Waals surface area contributed by atoms with Gasteiger partial charge in [-0.2, -0.15) is 4.98 Å². The first-order valence-corrected chi connectivity index (χ1v) is 11.2. The van der Waals surface area contributed by atoms with Gasteiger partial charge in [-0.1, -0.05) is 18.9 Å². The SMILES string of the molecule is CC1Nc2cccc(Nc3ncc4c(n3)N(C3CCCC3)CC(C)(C)C(=O)N4C)c2N1. The van der Waals surface area contributed by atoms with Gasteiger partial charge in [-0.25, -0.2) is 4.98 Å². The number of hydrogen-bond acceptors (Lipinski definition) is 7. The molecule has 5 rings (SSSR count). The van der Waals surface area contributed by atoms with Gasteiger partial charge in [0.2, 0.25) is 11.9 Å². The lowest BCUT2D eigenvalue weighted by molar-refractivity contribution is -0.125. The Kier molecular flexibility index (Phi) is 4.68. The Hall–Kier alpha value is -3.03. The second kappa shape index (κ2) is 7.28. The summed E-state index contributed by atoms with van der Waals surface area (Å²) in [6.07, 6.45) is 6.68. The normalized spacial score (nSPS) is 22.5. The predicted molar refractivity (Wildman–Crippen MR) is 125 cm³/mol. The van der Waals surface area contributed by atoms with Crippen molar-refractivity contribution in [2.24, 2.45) is 5.41 Å². The van der Waals surface area contributed by atoms with Crippen molar-refractivity contribution in [1.29, 1.82) is 0 Å². The van der Waals surface area contributed by atoms with Crippen LogP contribution in [0.3, 0.4) is 0 Å². The molecular formula is C23H31N7O.